The minimum atomic E-state index is -4.87. The Bertz CT molecular complexity index is 478. The topological polar surface area (TPSA) is 56.0 Å². The highest BCUT2D eigenvalue weighted by atomic mass is 32.2. The zero-order chi connectivity index (χ0) is 14.8. The number of halogens is 3. The van der Waals surface area contributed by atoms with Gasteiger partial charge in [0, 0.05) is 16.8 Å². The van der Waals surface area contributed by atoms with Gasteiger partial charge >= 0.3 is 6.18 Å². The molecule has 9 heteroatoms. The summed E-state index contributed by atoms with van der Waals surface area (Å²) in [5.74, 6) is 0.228. The quantitative estimate of drug-likeness (QED) is 0.848. The Balaban J connectivity index is 2.06. The Labute approximate surface area is 122 Å². The van der Waals surface area contributed by atoms with E-state index in [4.69, 9.17) is 4.52 Å². The Morgan fingerprint density at radius 3 is 2.75 bits per heavy atom. The van der Waals surface area contributed by atoms with Crippen LogP contribution < -0.4 is 0 Å². The van der Waals surface area contributed by atoms with Crippen LogP contribution in [0.15, 0.2) is 4.52 Å². The number of aromatic nitrogens is 2. The van der Waals surface area contributed by atoms with Gasteiger partial charge in [-0.1, -0.05) is 12.1 Å². The van der Waals surface area contributed by atoms with Crippen molar-refractivity contribution >= 4 is 29.3 Å². The van der Waals surface area contributed by atoms with E-state index in [-0.39, 0.29) is 11.1 Å². The lowest BCUT2D eigenvalue weighted by molar-refractivity contribution is -0.170. The molecule has 2 heterocycles. The molecule has 1 fully saturated rings. The fraction of sp³-hybridized carbons (Fsp3) is 0.727. The van der Waals surface area contributed by atoms with Gasteiger partial charge < -0.3 is 4.52 Å². The molecule has 0 saturated carbocycles. The second-order valence-electron chi connectivity index (χ2n) is 4.25. The van der Waals surface area contributed by atoms with Crippen molar-refractivity contribution in [3.05, 3.63) is 11.7 Å². The maximum Gasteiger partial charge on any atom is 0.450 e. The monoisotopic (exact) mass is 326 g/mol. The first-order valence-corrected chi connectivity index (χ1v) is 8.17. The van der Waals surface area contributed by atoms with Crippen LogP contribution in [0.1, 0.15) is 30.3 Å². The third-order valence-corrected chi connectivity index (χ3v) is 6.06. The van der Waals surface area contributed by atoms with E-state index in [1.54, 1.807) is 23.5 Å². The fourth-order valence-corrected chi connectivity index (χ4v) is 4.82. The molecule has 1 aliphatic heterocycles. The molecule has 0 bridgehead atoms. The molecule has 0 aliphatic carbocycles. The number of alkyl halides is 3. The molecule has 2 rings (SSSR count). The predicted molar refractivity (Wildman–Crippen MR) is 70.8 cm³/mol. The van der Waals surface area contributed by atoms with Gasteiger partial charge in [0.2, 0.25) is 11.7 Å². The summed E-state index contributed by atoms with van der Waals surface area (Å²) >= 11 is 3.48. The van der Waals surface area contributed by atoms with Crippen molar-refractivity contribution in [2.75, 3.05) is 11.5 Å². The number of carbonyl (C=O) groups is 1. The first-order valence-electron chi connectivity index (χ1n) is 6.07. The Morgan fingerprint density at radius 2 is 2.10 bits per heavy atom. The number of nitrogens with zero attached hydrogens (tertiary/aromatic N) is 2. The highest BCUT2D eigenvalue weighted by Gasteiger charge is 2.39. The lowest BCUT2D eigenvalue weighted by Crippen LogP contribution is -2.24. The van der Waals surface area contributed by atoms with Gasteiger partial charge in [0.15, 0.2) is 5.82 Å². The number of hydrogen-bond acceptors (Lipinski definition) is 6. The van der Waals surface area contributed by atoms with Crippen molar-refractivity contribution in [3.8, 4) is 0 Å². The Hall–Kier alpha value is -0.700. The standard InChI is InChI=1S/C11H13F3N2O2S2/c1-2-6-9(20-4-3-19-6)10-15-8(18-16-10)5-7(17)11(12,13)14/h6,9H,2-5H2,1H3. The van der Waals surface area contributed by atoms with Crippen LogP contribution in [0.4, 0.5) is 13.2 Å². The number of carbonyl (C=O) groups excluding carboxylic acids is 1. The highest BCUT2D eigenvalue weighted by Crippen LogP contribution is 2.42. The Kier molecular flexibility index (Phi) is 5.00. The SMILES string of the molecule is CCC1SCCSC1c1noc(CC(=O)C(F)(F)F)n1. The van der Waals surface area contributed by atoms with Crippen molar-refractivity contribution in [2.45, 2.75) is 36.4 Å². The minimum absolute atomic E-state index is 0.0113. The molecule has 0 radical (unpaired) electrons. The summed E-state index contributed by atoms with van der Waals surface area (Å²) < 4.78 is 41.3. The fourth-order valence-electron chi connectivity index (χ4n) is 1.84. The van der Waals surface area contributed by atoms with Crippen LogP contribution in [0.2, 0.25) is 0 Å². The van der Waals surface area contributed by atoms with Crippen molar-refractivity contribution in [1.29, 1.82) is 0 Å². The molecule has 1 aromatic rings. The van der Waals surface area contributed by atoms with E-state index in [1.165, 1.54) is 0 Å². The highest BCUT2D eigenvalue weighted by molar-refractivity contribution is 8.06. The van der Waals surface area contributed by atoms with E-state index >= 15 is 0 Å². The van der Waals surface area contributed by atoms with Gasteiger partial charge in [-0.2, -0.15) is 29.9 Å². The van der Waals surface area contributed by atoms with E-state index in [0.29, 0.717) is 11.1 Å². The van der Waals surface area contributed by atoms with Gasteiger partial charge in [0.25, 0.3) is 0 Å². The van der Waals surface area contributed by atoms with Crippen LogP contribution in [-0.2, 0) is 11.2 Å². The third kappa shape index (κ3) is 3.69. The number of ketones is 1. The molecule has 112 valence electrons. The first-order chi connectivity index (χ1) is 9.41. The summed E-state index contributed by atoms with van der Waals surface area (Å²) in [6.07, 6.45) is -4.83. The van der Waals surface area contributed by atoms with Gasteiger partial charge in [0.1, 0.15) is 0 Å². The summed E-state index contributed by atoms with van der Waals surface area (Å²) in [6, 6.07) is 0. The van der Waals surface area contributed by atoms with Crippen LogP contribution in [0.5, 0.6) is 0 Å². The molecule has 1 saturated heterocycles. The third-order valence-electron chi connectivity index (χ3n) is 2.82. The molecule has 1 aromatic heterocycles. The first kappa shape index (κ1) is 15.7. The molecule has 2 atom stereocenters. The molecule has 20 heavy (non-hydrogen) atoms. The zero-order valence-electron chi connectivity index (χ0n) is 10.6. The molecule has 1 aliphatic rings. The van der Waals surface area contributed by atoms with Crippen LogP contribution in [0, 0.1) is 0 Å². The van der Waals surface area contributed by atoms with Gasteiger partial charge in [-0.05, 0) is 6.42 Å². The lowest BCUT2D eigenvalue weighted by atomic mass is 10.2. The lowest BCUT2D eigenvalue weighted by Gasteiger charge is -2.27. The zero-order valence-corrected chi connectivity index (χ0v) is 12.3. The van der Waals surface area contributed by atoms with Crippen LogP contribution >= 0.6 is 23.5 Å². The normalized spacial score (nSPS) is 23.8. The van der Waals surface area contributed by atoms with E-state index in [0.717, 1.165) is 17.9 Å². The molecule has 4 nitrogen and oxygen atoms in total. The van der Waals surface area contributed by atoms with Crippen LogP contribution in [0.25, 0.3) is 0 Å². The number of rotatable bonds is 4. The number of Topliss-reactive ketones (excluding diaryl/α,β-unsaturated/α-hetero) is 1. The summed E-state index contributed by atoms with van der Waals surface area (Å²) in [5.41, 5.74) is 0. The second kappa shape index (κ2) is 6.38. The molecular formula is C11H13F3N2O2S2. The molecule has 2 unspecified atom stereocenters. The Morgan fingerprint density at radius 1 is 1.40 bits per heavy atom. The molecule has 0 amide bonds. The number of thioether (sulfide) groups is 2. The molecule has 0 aromatic carbocycles. The summed E-state index contributed by atoms with van der Waals surface area (Å²) in [4.78, 5) is 14.8. The largest absolute Gasteiger partial charge is 0.450 e. The van der Waals surface area contributed by atoms with Gasteiger partial charge in [-0.3, -0.25) is 4.79 Å². The minimum Gasteiger partial charge on any atom is -0.339 e. The smallest absolute Gasteiger partial charge is 0.339 e. The van der Waals surface area contributed by atoms with Gasteiger partial charge in [0.05, 0.1) is 11.7 Å². The van der Waals surface area contributed by atoms with E-state index in [9.17, 15) is 18.0 Å². The van der Waals surface area contributed by atoms with Crippen molar-refractivity contribution in [1.82, 2.24) is 10.1 Å². The van der Waals surface area contributed by atoms with Gasteiger partial charge in [-0.15, -0.1) is 11.8 Å². The van der Waals surface area contributed by atoms with Crippen molar-refractivity contribution in [2.24, 2.45) is 0 Å². The van der Waals surface area contributed by atoms with Crippen molar-refractivity contribution in [3.63, 3.8) is 0 Å². The maximum absolute atomic E-state index is 12.2. The summed E-state index contributed by atoms with van der Waals surface area (Å²) in [6.45, 7) is 2.05. The van der Waals surface area contributed by atoms with Crippen LogP contribution in [0.3, 0.4) is 0 Å². The van der Waals surface area contributed by atoms with E-state index in [1.807, 2.05) is 6.92 Å². The number of hydrogen-bond donors (Lipinski definition) is 0. The van der Waals surface area contributed by atoms with Gasteiger partial charge in [-0.25, -0.2) is 0 Å². The molecule has 0 N–H and O–H groups in total. The van der Waals surface area contributed by atoms with Crippen LogP contribution in [-0.4, -0.2) is 38.9 Å². The average molecular weight is 326 g/mol. The summed E-state index contributed by atoms with van der Waals surface area (Å²) in [7, 11) is 0. The molecule has 0 spiro atoms. The van der Waals surface area contributed by atoms with E-state index in [2.05, 4.69) is 10.1 Å². The molecular weight excluding hydrogens is 313 g/mol. The maximum atomic E-state index is 12.2. The van der Waals surface area contributed by atoms with E-state index < -0.39 is 18.4 Å². The summed E-state index contributed by atoms with van der Waals surface area (Å²) in [5, 5.41) is 4.06. The predicted octanol–water partition coefficient (Wildman–Crippen LogP) is 3.04. The second-order valence-corrected chi connectivity index (χ2v) is 6.85. The average Bonchev–Trinajstić information content (AvgIpc) is 2.86. The van der Waals surface area contributed by atoms with Crippen molar-refractivity contribution < 1.29 is 22.5 Å².